The molecule has 1 aliphatic heterocycles. The minimum atomic E-state index is -3.49. The zero-order valence-electron chi connectivity index (χ0n) is 16.5. The summed E-state index contributed by atoms with van der Waals surface area (Å²) < 4.78 is 37.9. The molecule has 1 aliphatic rings. The smallest absolute Gasteiger partial charge is 0.341 e. The quantitative estimate of drug-likeness (QED) is 0.727. The van der Waals surface area contributed by atoms with Crippen molar-refractivity contribution < 1.29 is 27.3 Å². The third-order valence-corrected chi connectivity index (χ3v) is 7.09. The molecule has 8 heteroatoms. The lowest BCUT2D eigenvalue weighted by Crippen LogP contribution is -3.13. The minimum absolute atomic E-state index is 0.311. The number of hydrogen-bond acceptors (Lipinski definition) is 5. The number of nitrogens with zero attached hydrogens (tertiary/aromatic N) is 1. The van der Waals surface area contributed by atoms with Gasteiger partial charge in [0.25, 0.3) is 0 Å². The van der Waals surface area contributed by atoms with Gasteiger partial charge in [0.05, 0.1) is 43.9 Å². The molecule has 28 heavy (non-hydrogen) atoms. The van der Waals surface area contributed by atoms with E-state index in [1.165, 1.54) is 15.5 Å². The second kappa shape index (κ2) is 8.46. The summed E-state index contributed by atoms with van der Waals surface area (Å²) in [4.78, 5) is 13.5. The van der Waals surface area contributed by atoms with Crippen LogP contribution in [-0.2, 0) is 21.3 Å². The van der Waals surface area contributed by atoms with Crippen molar-refractivity contribution in [3.05, 3.63) is 53.0 Å². The maximum Gasteiger partial charge on any atom is 0.341 e. The van der Waals surface area contributed by atoms with Crippen molar-refractivity contribution in [1.82, 2.24) is 4.31 Å². The van der Waals surface area contributed by atoms with E-state index in [1.54, 1.807) is 25.1 Å². The lowest BCUT2D eigenvalue weighted by atomic mass is 10.1. The van der Waals surface area contributed by atoms with E-state index >= 15 is 0 Å². The molecule has 2 aromatic rings. The Morgan fingerprint density at radius 2 is 1.89 bits per heavy atom. The Morgan fingerprint density at radius 3 is 2.54 bits per heavy atom. The van der Waals surface area contributed by atoms with Gasteiger partial charge in [-0.05, 0) is 50.1 Å². The van der Waals surface area contributed by atoms with Crippen LogP contribution in [0.1, 0.15) is 34.2 Å². The highest BCUT2D eigenvalue weighted by Crippen LogP contribution is 2.19. The molecule has 152 valence electrons. The van der Waals surface area contributed by atoms with Gasteiger partial charge in [0.15, 0.2) is 5.76 Å². The number of piperazine rings is 1. The van der Waals surface area contributed by atoms with Crippen LogP contribution in [0.25, 0.3) is 0 Å². The summed E-state index contributed by atoms with van der Waals surface area (Å²) in [5.41, 5.74) is 2.48. The predicted octanol–water partition coefficient (Wildman–Crippen LogP) is 1.16. The molecular weight excluding hydrogens is 380 g/mol. The van der Waals surface area contributed by atoms with Crippen LogP contribution in [0.5, 0.6) is 0 Å². The maximum absolute atomic E-state index is 12.9. The Hall–Kier alpha value is -2.16. The Kier molecular flexibility index (Phi) is 6.22. The largest absolute Gasteiger partial charge is 0.462 e. The standard InChI is InChI=1S/C20H26N2O5S/c1-4-26-20(23)18-7-12-27-19(18)14-21-8-10-22(11-9-21)28(24,25)17-6-5-15(2)16(3)13-17/h5-7,12-13H,4,8-11,14H2,1-3H3/p+1. The molecule has 0 radical (unpaired) electrons. The van der Waals surface area contributed by atoms with Gasteiger partial charge in [-0.25, -0.2) is 13.2 Å². The Bertz CT molecular complexity index is 943. The SMILES string of the molecule is CCOC(=O)c1ccoc1C[NH+]1CCN(S(=O)(=O)c2ccc(C)c(C)c2)CC1. The number of furan rings is 1. The van der Waals surface area contributed by atoms with Crippen molar-refractivity contribution >= 4 is 16.0 Å². The molecule has 0 atom stereocenters. The summed E-state index contributed by atoms with van der Waals surface area (Å²) >= 11 is 0. The van der Waals surface area contributed by atoms with Crippen LogP contribution >= 0.6 is 0 Å². The fraction of sp³-hybridized carbons (Fsp3) is 0.450. The van der Waals surface area contributed by atoms with Gasteiger partial charge in [-0.3, -0.25) is 0 Å². The molecule has 0 amide bonds. The number of ether oxygens (including phenoxy) is 1. The summed E-state index contributed by atoms with van der Waals surface area (Å²) in [5, 5.41) is 0. The first kappa shape index (κ1) is 20.6. The highest BCUT2D eigenvalue weighted by molar-refractivity contribution is 7.89. The highest BCUT2D eigenvalue weighted by Gasteiger charge is 2.31. The molecule has 0 aliphatic carbocycles. The topological polar surface area (TPSA) is 81.3 Å². The molecule has 1 aromatic heterocycles. The van der Waals surface area contributed by atoms with Crippen LogP contribution in [0.2, 0.25) is 0 Å². The van der Waals surface area contributed by atoms with Crippen molar-refractivity contribution in [1.29, 1.82) is 0 Å². The number of benzene rings is 1. The summed E-state index contributed by atoms with van der Waals surface area (Å²) in [5.74, 6) is 0.195. The van der Waals surface area contributed by atoms with Crippen molar-refractivity contribution in [3.63, 3.8) is 0 Å². The van der Waals surface area contributed by atoms with Gasteiger partial charge in [-0.2, -0.15) is 4.31 Å². The van der Waals surface area contributed by atoms with Crippen LogP contribution in [0.3, 0.4) is 0 Å². The van der Waals surface area contributed by atoms with Crippen LogP contribution in [0, 0.1) is 13.8 Å². The van der Waals surface area contributed by atoms with E-state index in [0.29, 0.717) is 55.5 Å². The first-order valence-electron chi connectivity index (χ1n) is 9.47. The Morgan fingerprint density at radius 1 is 1.18 bits per heavy atom. The second-order valence-electron chi connectivity index (χ2n) is 7.05. The van der Waals surface area contributed by atoms with E-state index in [2.05, 4.69) is 0 Å². The number of sulfonamides is 1. The molecule has 0 spiro atoms. The minimum Gasteiger partial charge on any atom is -0.462 e. The monoisotopic (exact) mass is 407 g/mol. The van der Waals surface area contributed by atoms with Crippen LogP contribution < -0.4 is 4.90 Å². The number of nitrogens with one attached hydrogen (secondary N) is 1. The number of hydrogen-bond donors (Lipinski definition) is 1. The zero-order chi connectivity index (χ0) is 20.3. The molecule has 7 nitrogen and oxygen atoms in total. The van der Waals surface area contributed by atoms with Crippen LogP contribution in [0.15, 0.2) is 39.8 Å². The zero-order valence-corrected chi connectivity index (χ0v) is 17.3. The van der Waals surface area contributed by atoms with E-state index in [9.17, 15) is 13.2 Å². The Labute approximate surface area is 165 Å². The molecule has 0 bridgehead atoms. The maximum atomic E-state index is 12.9. The molecule has 2 heterocycles. The number of carbonyl (C=O) groups is 1. The van der Waals surface area contributed by atoms with Crippen molar-refractivity contribution in [2.45, 2.75) is 32.2 Å². The van der Waals surface area contributed by atoms with Gasteiger partial charge < -0.3 is 14.1 Å². The van der Waals surface area contributed by atoms with Gasteiger partial charge in [-0.1, -0.05) is 6.07 Å². The summed E-state index contributed by atoms with van der Waals surface area (Å²) in [6, 6.07) is 6.87. The van der Waals surface area contributed by atoms with Gasteiger partial charge in [0.2, 0.25) is 10.0 Å². The number of aryl methyl sites for hydroxylation is 2. The number of rotatable bonds is 6. The third kappa shape index (κ3) is 4.29. The fourth-order valence-corrected chi connectivity index (χ4v) is 4.87. The van der Waals surface area contributed by atoms with Gasteiger partial charge in [0.1, 0.15) is 12.1 Å². The lowest BCUT2D eigenvalue weighted by molar-refractivity contribution is -0.918. The van der Waals surface area contributed by atoms with Crippen molar-refractivity contribution in [2.75, 3.05) is 32.8 Å². The normalized spacial score (nSPS) is 16.2. The summed E-state index contributed by atoms with van der Waals surface area (Å²) in [6.07, 6.45) is 1.49. The van der Waals surface area contributed by atoms with Gasteiger partial charge in [-0.15, -0.1) is 0 Å². The fourth-order valence-electron chi connectivity index (χ4n) is 3.34. The average Bonchev–Trinajstić information content (AvgIpc) is 3.13. The number of carbonyl (C=O) groups excluding carboxylic acids is 1. The first-order chi connectivity index (χ1) is 13.3. The molecule has 1 fully saturated rings. The van der Waals surface area contributed by atoms with E-state index in [-0.39, 0.29) is 5.97 Å². The van der Waals surface area contributed by atoms with E-state index < -0.39 is 10.0 Å². The summed E-state index contributed by atoms with van der Waals surface area (Å²) in [6.45, 7) is 8.64. The summed E-state index contributed by atoms with van der Waals surface area (Å²) in [7, 11) is -3.49. The van der Waals surface area contributed by atoms with Crippen LogP contribution in [0.4, 0.5) is 0 Å². The molecule has 0 unspecified atom stereocenters. The first-order valence-corrected chi connectivity index (χ1v) is 10.9. The molecule has 1 N–H and O–H groups in total. The molecule has 3 rings (SSSR count). The van der Waals surface area contributed by atoms with Gasteiger partial charge in [0, 0.05) is 0 Å². The Balaban J connectivity index is 1.64. The van der Waals surface area contributed by atoms with E-state index in [1.807, 2.05) is 19.9 Å². The number of esters is 1. The highest BCUT2D eigenvalue weighted by atomic mass is 32.2. The second-order valence-corrected chi connectivity index (χ2v) is 8.99. The van der Waals surface area contributed by atoms with Crippen molar-refractivity contribution in [3.8, 4) is 0 Å². The van der Waals surface area contributed by atoms with E-state index in [0.717, 1.165) is 11.1 Å². The lowest BCUT2D eigenvalue weighted by Gasteiger charge is -2.31. The number of quaternary nitrogens is 1. The molecular formula is C20H27N2O5S+. The predicted molar refractivity (Wildman–Crippen MR) is 104 cm³/mol. The van der Waals surface area contributed by atoms with E-state index in [4.69, 9.17) is 9.15 Å². The third-order valence-electron chi connectivity index (χ3n) is 5.20. The molecule has 0 saturated carbocycles. The van der Waals surface area contributed by atoms with Crippen LogP contribution in [-0.4, -0.2) is 51.5 Å². The molecule has 1 aromatic carbocycles. The van der Waals surface area contributed by atoms with Crippen molar-refractivity contribution in [2.24, 2.45) is 0 Å². The average molecular weight is 408 g/mol. The molecule has 1 saturated heterocycles. The van der Waals surface area contributed by atoms with Gasteiger partial charge >= 0.3 is 5.97 Å².